The summed E-state index contributed by atoms with van der Waals surface area (Å²) in [4.78, 5) is 11.7. The molecule has 0 N–H and O–H groups in total. The third-order valence-corrected chi connectivity index (χ3v) is 3.80. The number of Topliss-reactive ketones (excluding diaryl/α,β-unsaturated/α-hetero) is 1. The van der Waals surface area contributed by atoms with Crippen molar-refractivity contribution in [1.29, 1.82) is 0 Å². The molecule has 2 rings (SSSR count). The first-order chi connectivity index (χ1) is 8.16. The van der Waals surface area contributed by atoms with Crippen LogP contribution in [0.1, 0.15) is 43.7 Å². The molecule has 3 unspecified atom stereocenters. The molecule has 1 heterocycles. The highest BCUT2D eigenvalue weighted by atomic mass is 16.5. The molecule has 1 aromatic heterocycles. The maximum Gasteiger partial charge on any atom is 0.223 e. The highest BCUT2D eigenvalue weighted by molar-refractivity contribution is 5.94. The fourth-order valence-corrected chi connectivity index (χ4v) is 2.35. The van der Waals surface area contributed by atoms with Crippen molar-refractivity contribution in [3.8, 4) is 0 Å². The molecule has 1 fully saturated rings. The minimum Gasteiger partial charge on any atom is -0.461 e. The van der Waals surface area contributed by atoms with Crippen LogP contribution < -0.4 is 0 Å². The monoisotopic (exact) mass is 236 g/mol. The zero-order chi connectivity index (χ0) is 12.3. The number of carbonyl (C=O) groups excluding carboxylic acids is 1. The molecular formula is C14H20O3. The second-order valence-electron chi connectivity index (χ2n) is 5.10. The molecule has 0 bridgehead atoms. The maximum absolute atomic E-state index is 11.7. The Labute approximate surface area is 102 Å². The van der Waals surface area contributed by atoms with Gasteiger partial charge in [-0.3, -0.25) is 4.79 Å². The Morgan fingerprint density at radius 2 is 2.24 bits per heavy atom. The Morgan fingerprint density at radius 1 is 1.41 bits per heavy atom. The van der Waals surface area contributed by atoms with E-state index in [2.05, 4.69) is 13.8 Å². The van der Waals surface area contributed by atoms with Gasteiger partial charge in [0.15, 0.2) is 5.76 Å². The molecule has 1 aliphatic rings. The van der Waals surface area contributed by atoms with Crippen LogP contribution in [0.25, 0.3) is 0 Å². The van der Waals surface area contributed by atoms with Gasteiger partial charge in [-0.1, -0.05) is 13.8 Å². The molecule has 0 aliphatic heterocycles. The van der Waals surface area contributed by atoms with Crippen LogP contribution in [-0.4, -0.2) is 18.5 Å². The molecule has 0 amide bonds. The van der Waals surface area contributed by atoms with Gasteiger partial charge in [-0.05, 0) is 43.2 Å². The summed E-state index contributed by atoms with van der Waals surface area (Å²) in [6.45, 7) is 4.68. The van der Waals surface area contributed by atoms with E-state index >= 15 is 0 Å². The molecule has 3 heteroatoms. The molecule has 1 saturated carbocycles. The lowest BCUT2D eigenvalue weighted by atomic mass is 9.80. The van der Waals surface area contributed by atoms with Gasteiger partial charge in [0, 0.05) is 0 Å². The number of ketones is 1. The van der Waals surface area contributed by atoms with Crippen molar-refractivity contribution in [3.05, 3.63) is 24.2 Å². The summed E-state index contributed by atoms with van der Waals surface area (Å²) < 4.78 is 10.7. The molecule has 0 aromatic carbocycles. The van der Waals surface area contributed by atoms with Crippen LogP contribution >= 0.6 is 0 Å². The average molecular weight is 236 g/mol. The summed E-state index contributed by atoms with van der Waals surface area (Å²) in [5.41, 5.74) is 0. The number of rotatable bonds is 4. The standard InChI is InChI=1S/C14H20O3/c1-10-5-6-12(8-11(10)2)17-9-13(15)14-4-3-7-16-14/h3-4,7,10-12H,5-6,8-9H2,1-2H3. The third kappa shape index (κ3) is 3.19. The topological polar surface area (TPSA) is 39.4 Å². The van der Waals surface area contributed by atoms with Crippen molar-refractivity contribution in [2.24, 2.45) is 11.8 Å². The molecule has 1 aliphatic carbocycles. The SMILES string of the molecule is CC1CCC(OCC(=O)c2ccco2)CC1C. The van der Waals surface area contributed by atoms with Gasteiger partial charge in [-0.15, -0.1) is 0 Å². The van der Waals surface area contributed by atoms with Crippen molar-refractivity contribution < 1.29 is 13.9 Å². The van der Waals surface area contributed by atoms with E-state index < -0.39 is 0 Å². The molecule has 1 aromatic rings. The first-order valence-electron chi connectivity index (χ1n) is 6.35. The fraction of sp³-hybridized carbons (Fsp3) is 0.643. The molecular weight excluding hydrogens is 216 g/mol. The van der Waals surface area contributed by atoms with E-state index in [-0.39, 0.29) is 18.5 Å². The average Bonchev–Trinajstić information content (AvgIpc) is 2.84. The van der Waals surface area contributed by atoms with Gasteiger partial charge in [0.1, 0.15) is 6.61 Å². The minimum absolute atomic E-state index is 0.0683. The van der Waals surface area contributed by atoms with Gasteiger partial charge >= 0.3 is 0 Å². The Kier molecular flexibility index (Phi) is 4.00. The fourth-order valence-electron chi connectivity index (χ4n) is 2.35. The highest BCUT2D eigenvalue weighted by Gasteiger charge is 2.25. The van der Waals surface area contributed by atoms with Crippen LogP contribution in [0.5, 0.6) is 0 Å². The van der Waals surface area contributed by atoms with Crippen LogP contribution in [0, 0.1) is 11.8 Å². The Hall–Kier alpha value is -1.09. The van der Waals surface area contributed by atoms with E-state index in [0.717, 1.165) is 18.8 Å². The lowest BCUT2D eigenvalue weighted by molar-refractivity contribution is 0.00617. The van der Waals surface area contributed by atoms with E-state index in [9.17, 15) is 4.79 Å². The maximum atomic E-state index is 11.7. The van der Waals surface area contributed by atoms with Crippen LogP contribution in [0.4, 0.5) is 0 Å². The normalized spacial score (nSPS) is 29.2. The van der Waals surface area contributed by atoms with Gasteiger partial charge in [0.25, 0.3) is 0 Å². The van der Waals surface area contributed by atoms with Gasteiger partial charge in [0.05, 0.1) is 12.4 Å². The van der Waals surface area contributed by atoms with Crippen LogP contribution in [0.15, 0.2) is 22.8 Å². The van der Waals surface area contributed by atoms with Gasteiger partial charge in [-0.25, -0.2) is 0 Å². The summed E-state index contributed by atoms with van der Waals surface area (Å²) >= 11 is 0. The van der Waals surface area contributed by atoms with Crippen molar-refractivity contribution >= 4 is 5.78 Å². The largest absolute Gasteiger partial charge is 0.461 e. The lowest BCUT2D eigenvalue weighted by Gasteiger charge is -2.31. The van der Waals surface area contributed by atoms with Gasteiger partial charge in [0.2, 0.25) is 5.78 Å². The summed E-state index contributed by atoms with van der Waals surface area (Å²) in [5.74, 6) is 1.78. The summed E-state index contributed by atoms with van der Waals surface area (Å²) in [6.07, 6.45) is 5.07. The predicted molar refractivity (Wildman–Crippen MR) is 65.0 cm³/mol. The number of furan rings is 1. The van der Waals surface area contributed by atoms with Crippen molar-refractivity contribution in [3.63, 3.8) is 0 Å². The smallest absolute Gasteiger partial charge is 0.223 e. The molecule has 3 atom stereocenters. The number of hydrogen-bond acceptors (Lipinski definition) is 3. The third-order valence-electron chi connectivity index (χ3n) is 3.80. The molecule has 0 spiro atoms. The van der Waals surface area contributed by atoms with E-state index in [0.29, 0.717) is 11.7 Å². The summed E-state index contributed by atoms with van der Waals surface area (Å²) in [5, 5.41) is 0. The second-order valence-corrected chi connectivity index (χ2v) is 5.10. The first-order valence-corrected chi connectivity index (χ1v) is 6.35. The Bertz CT molecular complexity index is 356. The molecule has 17 heavy (non-hydrogen) atoms. The van der Waals surface area contributed by atoms with E-state index in [1.165, 1.54) is 12.7 Å². The molecule has 0 saturated heterocycles. The van der Waals surface area contributed by atoms with Crippen molar-refractivity contribution in [1.82, 2.24) is 0 Å². The second kappa shape index (κ2) is 5.50. The zero-order valence-electron chi connectivity index (χ0n) is 10.5. The highest BCUT2D eigenvalue weighted by Crippen LogP contribution is 2.30. The number of carbonyl (C=O) groups is 1. The van der Waals surface area contributed by atoms with Crippen molar-refractivity contribution in [2.45, 2.75) is 39.2 Å². The van der Waals surface area contributed by atoms with Crippen molar-refractivity contribution in [2.75, 3.05) is 6.61 Å². The van der Waals surface area contributed by atoms with E-state index in [1.54, 1.807) is 12.1 Å². The van der Waals surface area contributed by atoms with Gasteiger partial charge < -0.3 is 9.15 Å². The summed E-state index contributed by atoms with van der Waals surface area (Å²) in [7, 11) is 0. The summed E-state index contributed by atoms with van der Waals surface area (Å²) in [6, 6.07) is 3.40. The number of hydrogen-bond donors (Lipinski definition) is 0. The van der Waals surface area contributed by atoms with Crippen LogP contribution in [0.2, 0.25) is 0 Å². The quantitative estimate of drug-likeness (QED) is 0.753. The molecule has 3 nitrogen and oxygen atoms in total. The van der Waals surface area contributed by atoms with Crippen LogP contribution in [0.3, 0.4) is 0 Å². The molecule has 0 radical (unpaired) electrons. The minimum atomic E-state index is -0.0683. The molecule has 94 valence electrons. The van der Waals surface area contributed by atoms with E-state index in [1.807, 2.05) is 0 Å². The first kappa shape index (κ1) is 12.4. The Balaban J connectivity index is 1.77. The Morgan fingerprint density at radius 3 is 2.88 bits per heavy atom. The lowest BCUT2D eigenvalue weighted by Crippen LogP contribution is -2.28. The zero-order valence-corrected chi connectivity index (χ0v) is 10.5. The predicted octanol–water partition coefficient (Wildman–Crippen LogP) is 3.30. The number of ether oxygens (including phenoxy) is 1. The van der Waals surface area contributed by atoms with E-state index in [4.69, 9.17) is 9.15 Å². The van der Waals surface area contributed by atoms with Gasteiger partial charge in [-0.2, -0.15) is 0 Å². The van der Waals surface area contributed by atoms with Crippen LogP contribution in [-0.2, 0) is 4.74 Å².